The van der Waals surface area contributed by atoms with Crippen LogP contribution in [0.1, 0.15) is 44.6 Å². The molecule has 5 heteroatoms. The fourth-order valence-electron chi connectivity index (χ4n) is 3.23. The van der Waals surface area contributed by atoms with Crippen LogP contribution in [-0.4, -0.2) is 41.6 Å². The summed E-state index contributed by atoms with van der Waals surface area (Å²) >= 11 is 0. The number of hydrogen-bond donors (Lipinski definition) is 1. The van der Waals surface area contributed by atoms with Gasteiger partial charge >= 0.3 is 5.97 Å². The van der Waals surface area contributed by atoms with Gasteiger partial charge in [-0.3, -0.25) is 4.79 Å². The van der Waals surface area contributed by atoms with Gasteiger partial charge in [0.15, 0.2) is 0 Å². The molecular weight excluding hydrogens is 294 g/mol. The molecule has 1 aliphatic rings. The Balaban J connectivity index is 2.22. The molecule has 3 unspecified atom stereocenters. The molecule has 1 N–H and O–H groups in total. The molecule has 0 saturated carbocycles. The van der Waals surface area contributed by atoms with Gasteiger partial charge in [0.25, 0.3) is 0 Å². The first-order valence-electron chi connectivity index (χ1n) is 8.15. The number of carboxylic acid groups (broad SMARTS) is 1. The van der Waals surface area contributed by atoms with Crippen LogP contribution in [0.2, 0.25) is 0 Å². The van der Waals surface area contributed by atoms with Crippen molar-refractivity contribution in [3.63, 3.8) is 0 Å². The molecule has 5 nitrogen and oxygen atoms in total. The zero-order valence-corrected chi connectivity index (χ0v) is 14.0. The molecule has 126 valence electrons. The Hall–Kier alpha value is -2.04. The van der Waals surface area contributed by atoms with Crippen LogP contribution >= 0.6 is 0 Å². The third-order valence-corrected chi connectivity index (χ3v) is 4.66. The third-order valence-electron chi connectivity index (χ3n) is 4.66. The van der Waals surface area contributed by atoms with Crippen molar-refractivity contribution in [3.05, 3.63) is 29.8 Å². The topological polar surface area (TPSA) is 66.8 Å². The Morgan fingerprint density at radius 1 is 1.35 bits per heavy atom. The number of ether oxygens (including phenoxy) is 1. The van der Waals surface area contributed by atoms with Gasteiger partial charge in [-0.05, 0) is 42.9 Å². The lowest BCUT2D eigenvalue weighted by molar-refractivity contribution is -0.153. The van der Waals surface area contributed by atoms with E-state index in [9.17, 15) is 14.7 Å². The Kier molecular flexibility index (Phi) is 5.64. The predicted molar refractivity (Wildman–Crippen MR) is 87.6 cm³/mol. The van der Waals surface area contributed by atoms with Crippen LogP contribution in [0.3, 0.4) is 0 Å². The standard InChI is InChI=1S/C18H25NO4/c1-4-15(13-5-7-14(23-3)8-6-13)17(20)19-10-9-12(2)11-16(19)18(21)22/h5-8,12,15-16H,4,9-11H2,1-3H3,(H,21,22). The summed E-state index contributed by atoms with van der Waals surface area (Å²) in [7, 11) is 1.60. The van der Waals surface area contributed by atoms with E-state index in [-0.39, 0.29) is 11.8 Å². The zero-order chi connectivity index (χ0) is 17.0. The van der Waals surface area contributed by atoms with Gasteiger partial charge in [0.05, 0.1) is 13.0 Å². The van der Waals surface area contributed by atoms with Crippen molar-refractivity contribution in [1.82, 2.24) is 4.90 Å². The van der Waals surface area contributed by atoms with Crippen LogP contribution in [0, 0.1) is 5.92 Å². The van der Waals surface area contributed by atoms with Gasteiger partial charge in [-0.15, -0.1) is 0 Å². The molecule has 1 saturated heterocycles. The molecule has 1 aromatic rings. The minimum absolute atomic E-state index is 0.0861. The van der Waals surface area contributed by atoms with Crippen LogP contribution in [0.25, 0.3) is 0 Å². The largest absolute Gasteiger partial charge is 0.497 e. The lowest BCUT2D eigenvalue weighted by atomic mass is 9.89. The molecule has 0 bridgehead atoms. The monoisotopic (exact) mass is 319 g/mol. The van der Waals surface area contributed by atoms with E-state index in [2.05, 4.69) is 0 Å². The fourth-order valence-corrected chi connectivity index (χ4v) is 3.23. The molecular formula is C18H25NO4. The van der Waals surface area contributed by atoms with Crippen molar-refractivity contribution < 1.29 is 19.4 Å². The van der Waals surface area contributed by atoms with Crippen molar-refractivity contribution in [2.45, 2.75) is 45.1 Å². The highest BCUT2D eigenvalue weighted by Crippen LogP contribution is 2.29. The maximum absolute atomic E-state index is 12.9. The molecule has 3 atom stereocenters. The minimum atomic E-state index is -0.908. The van der Waals surface area contributed by atoms with Gasteiger partial charge in [0, 0.05) is 6.54 Å². The summed E-state index contributed by atoms with van der Waals surface area (Å²) in [5, 5.41) is 9.46. The molecule has 23 heavy (non-hydrogen) atoms. The van der Waals surface area contributed by atoms with E-state index in [1.54, 1.807) is 12.0 Å². The van der Waals surface area contributed by atoms with Gasteiger partial charge in [-0.25, -0.2) is 4.79 Å². The van der Waals surface area contributed by atoms with Crippen molar-refractivity contribution in [2.75, 3.05) is 13.7 Å². The highest BCUT2D eigenvalue weighted by molar-refractivity contribution is 5.88. The van der Waals surface area contributed by atoms with E-state index in [4.69, 9.17) is 4.74 Å². The number of methoxy groups -OCH3 is 1. The maximum atomic E-state index is 12.9. The second-order valence-corrected chi connectivity index (χ2v) is 6.25. The molecule has 1 amide bonds. The maximum Gasteiger partial charge on any atom is 0.326 e. The zero-order valence-electron chi connectivity index (χ0n) is 14.0. The van der Waals surface area contributed by atoms with E-state index < -0.39 is 12.0 Å². The summed E-state index contributed by atoms with van der Waals surface area (Å²) in [6.45, 7) is 4.51. The van der Waals surface area contributed by atoms with Gasteiger partial charge in [0.2, 0.25) is 5.91 Å². The van der Waals surface area contributed by atoms with E-state index in [0.29, 0.717) is 25.3 Å². The summed E-state index contributed by atoms with van der Waals surface area (Å²) in [6.07, 6.45) is 2.03. The molecule has 0 radical (unpaired) electrons. The van der Waals surface area contributed by atoms with Crippen LogP contribution in [0.15, 0.2) is 24.3 Å². The average Bonchev–Trinajstić information content (AvgIpc) is 2.55. The third kappa shape index (κ3) is 3.84. The second-order valence-electron chi connectivity index (χ2n) is 6.25. The quantitative estimate of drug-likeness (QED) is 0.906. The Morgan fingerprint density at radius 3 is 2.52 bits per heavy atom. The van der Waals surface area contributed by atoms with E-state index in [0.717, 1.165) is 17.7 Å². The average molecular weight is 319 g/mol. The van der Waals surface area contributed by atoms with Crippen LogP contribution in [0.4, 0.5) is 0 Å². The first kappa shape index (κ1) is 17.3. The first-order valence-corrected chi connectivity index (χ1v) is 8.15. The van der Waals surface area contributed by atoms with E-state index >= 15 is 0 Å². The van der Waals surface area contributed by atoms with E-state index in [1.807, 2.05) is 38.1 Å². The summed E-state index contributed by atoms with van der Waals surface area (Å²) in [6, 6.07) is 6.72. The molecule has 2 rings (SSSR count). The van der Waals surface area contributed by atoms with Gasteiger partial charge in [-0.1, -0.05) is 26.0 Å². The number of likely N-dealkylation sites (tertiary alicyclic amines) is 1. The Bertz CT molecular complexity index is 555. The van der Waals surface area contributed by atoms with Gasteiger partial charge in [0.1, 0.15) is 11.8 Å². The molecule has 0 aromatic heterocycles. The second kappa shape index (κ2) is 7.49. The Labute approximate surface area is 137 Å². The molecule has 0 spiro atoms. The van der Waals surface area contributed by atoms with E-state index in [1.165, 1.54) is 0 Å². The lowest BCUT2D eigenvalue weighted by Gasteiger charge is -2.38. The number of rotatable bonds is 5. The van der Waals surface area contributed by atoms with Gasteiger partial charge in [-0.2, -0.15) is 0 Å². The molecule has 0 aliphatic carbocycles. The summed E-state index contributed by atoms with van der Waals surface area (Å²) < 4.78 is 5.15. The summed E-state index contributed by atoms with van der Waals surface area (Å²) in [4.78, 5) is 26.0. The highest BCUT2D eigenvalue weighted by Gasteiger charge is 2.37. The van der Waals surface area contributed by atoms with Crippen molar-refractivity contribution in [2.24, 2.45) is 5.92 Å². The number of aliphatic carboxylic acids is 1. The Morgan fingerprint density at radius 2 is 2.00 bits per heavy atom. The number of nitrogens with zero attached hydrogens (tertiary/aromatic N) is 1. The SMILES string of the molecule is CCC(C(=O)N1CCC(C)CC1C(=O)O)c1ccc(OC)cc1. The van der Waals surface area contributed by atoms with Gasteiger partial charge < -0.3 is 14.7 Å². The highest BCUT2D eigenvalue weighted by atomic mass is 16.5. The van der Waals surface area contributed by atoms with Crippen LogP contribution < -0.4 is 4.74 Å². The summed E-state index contributed by atoms with van der Waals surface area (Å²) in [5.74, 6) is -0.227. The number of benzene rings is 1. The number of hydrogen-bond acceptors (Lipinski definition) is 3. The van der Waals surface area contributed by atoms with Crippen molar-refractivity contribution in [1.29, 1.82) is 0 Å². The smallest absolute Gasteiger partial charge is 0.326 e. The minimum Gasteiger partial charge on any atom is -0.497 e. The molecule has 1 aromatic carbocycles. The number of carboxylic acids is 1. The normalized spacial score (nSPS) is 22.5. The number of amides is 1. The predicted octanol–water partition coefficient (Wildman–Crippen LogP) is 2.90. The fraction of sp³-hybridized carbons (Fsp3) is 0.556. The molecule has 1 fully saturated rings. The first-order chi connectivity index (χ1) is 11.0. The molecule has 1 aliphatic heterocycles. The van der Waals surface area contributed by atoms with Crippen LogP contribution in [-0.2, 0) is 9.59 Å². The van der Waals surface area contributed by atoms with Crippen molar-refractivity contribution >= 4 is 11.9 Å². The molecule has 1 heterocycles. The number of carbonyl (C=O) groups is 2. The summed E-state index contributed by atoms with van der Waals surface area (Å²) in [5.41, 5.74) is 0.904. The van der Waals surface area contributed by atoms with Crippen LogP contribution in [0.5, 0.6) is 5.75 Å². The lowest BCUT2D eigenvalue weighted by Crippen LogP contribution is -2.51. The number of carbonyl (C=O) groups excluding carboxylic acids is 1. The van der Waals surface area contributed by atoms with Crippen molar-refractivity contribution in [3.8, 4) is 5.75 Å². The number of piperidine rings is 1.